The van der Waals surface area contributed by atoms with Crippen molar-refractivity contribution in [3.63, 3.8) is 0 Å². The maximum Gasteiger partial charge on any atom is 0.338 e. The third-order valence-electron chi connectivity index (χ3n) is 4.29. The number of nitrogens with one attached hydrogen (secondary N) is 1. The van der Waals surface area contributed by atoms with Gasteiger partial charge in [-0.25, -0.2) is 14.8 Å². The lowest BCUT2D eigenvalue weighted by Gasteiger charge is -2.18. The lowest BCUT2D eigenvalue weighted by molar-refractivity contribution is -0.135. The minimum absolute atomic E-state index is 0.324. The standard InChI is InChI=1S/C20H18N4O3S/c1-12-21-16(19(25)27-12)17(13-8-10-15(26-2)11-9-13)28-20-22-18(23-24-20)14-6-4-3-5-7-14/h3-11,16-17H,1-2H3,(H,22,23,24)/t16-,17+/m0/s1. The van der Waals surface area contributed by atoms with Gasteiger partial charge in [-0.2, -0.15) is 0 Å². The van der Waals surface area contributed by atoms with Gasteiger partial charge < -0.3 is 9.47 Å². The summed E-state index contributed by atoms with van der Waals surface area (Å²) in [5.41, 5.74) is 1.86. The molecule has 0 aliphatic carbocycles. The van der Waals surface area contributed by atoms with Crippen LogP contribution < -0.4 is 4.74 Å². The molecule has 1 aromatic heterocycles. The summed E-state index contributed by atoms with van der Waals surface area (Å²) >= 11 is 1.37. The van der Waals surface area contributed by atoms with Crippen LogP contribution in [-0.2, 0) is 9.53 Å². The average Bonchev–Trinajstić information content (AvgIpc) is 3.33. The Morgan fingerprint density at radius 2 is 1.89 bits per heavy atom. The smallest absolute Gasteiger partial charge is 0.338 e. The quantitative estimate of drug-likeness (QED) is 0.507. The van der Waals surface area contributed by atoms with Crippen LogP contribution in [0.5, 0.6) is 5.75 Å². The number of rotatable bonds is 6. The van der Waals surface area contributed by atoms with Crippen molar-refractivity contribution in [3.05, 3.63) is 60.2 Å². The summed E-state index contributed by atoms with van der Waals surface area (Å²) in [7, 11) is 1.61. The molecule has 0 unspecified atom stereocenters. The predicted molar refractivity (Wildman–Crippen MR) is 106 cm³/mol. The van der Waals surface area contributed by atoms with E-state index >= 15 is 0 Å². The molecule has 28 heavy (non-hydrogen) atoms. The van der Waals surface area contributed by atoms with E-state index in [9.17, 15) is 4.79 Å². The van der Waals surface area contributed by atoms with Gasteiger partial charge in [-0.05, 0) is 17.7 Å². The number of carbonyl (C=O) groups excluding carboxylic acids is 1. The average molecular weight is 394 g/mol. The van der Waals surface area contributed by atoms with E-state index < -0.39 is 6.04 Å². The lowest BCUT2D eigenvalue weighted by Crippen LogP contribution is -2.22. The molecule has 7 nitrogen and oxygen atoms in total. The second-order valence-corrected chi connectivity index (χ2v) is 7.27. The third-order valence-corrected chi connectivity index (χ3v) is 5.46. The number of nitrogens with zero attached hydrogens (tertiary/aromatic N) is 3. The number of aliphatic imine (C=N–C) groups is 1. The Bertz CT molecular complexity index is 1000. The van der Waals surface area contributed by atoms with Crippen LogP contribution in [0.2, 0.25) is 0 Å². The highest BCUT2D eigenvalue weighted by Gasteiger charge is 2.37. The van der Waals surface area contributed by atoms with Crippen molar-refractivity contribution >= 4 is 23.6 Å². The van der Waals surface area contributed by atoms with Crippen LogP contribution in [0.3, 0.4) is 0 Å². The Labute approximate surface area is 166 Å². The number of carbonyl (C=O) groups is 1. The van der Waals surface area contributed by atoms with Crippen molar-refractivity contribution in [2.45, 2.75) is 23.4 Å². The molecule has 0 amide bonds. The number of hydrogen-bond acceptors (Lipinski definition) is 7. The highest BCUT2D eigenvalue weighted by molar-refractivity contribution is 7.99. The van der Waals surface area contributed by atoms with Gasteiger partial charge in [0.05, 0.1) is 12.4 Å². The molecular formula is C20H18N4O3S. The molecule has 1 aliphatic heterocycles. The minimum atomic E-state index is -0.655. The van der Waals surface area contributed by atoms with E-state index in [-0.39, 0.29) is 11.2 Å². The van der Waals surface area contributed by atoms with Crippen molar-refractivity contribution in [2.24, 2.45) is 4.99 Å². The summed E-state index contributed by atoms with van der Waals surface area (Å²) in [5.74, 6) is 1.41. The molecule has 3 aromatic rings. The molecule has 0 bridgehead atoms. The SMILES string of the molecule is COc1ccc([C@@H](Sc2n[nH]c(-c3ccccc3)n2)[C@@H]2N=C(C)OC2=O)cc1. The molecule has 8 heteroatoms. The lowest BCUT2D eigenvalue weighted by atomic mass is 10.1. The summed E-state index contributed by atoms with van der Waals surface area (Å²) in [5, 5.41) is 7.47. The largest absolute Gasteiger partial charge is 0.497 e. The Morgan fingerprint density at radius 3 is 2.54 bits per heavy atom. The molecule has 142 valence electrons. The molecule has 0 saturated carbocycles. The van der Waals surface area contributed by atoms with Crippen LogP contribution in [0.1, 0.15) is 17.7 Å². The molecule has 1 aliphatic rings. The first-order valence-electron chi connectivity index (χ1n) is 8.68. The number of methoxy groups -OCH3 is 1. The number of H-pyrrole nitrogens is 1. The van der Waals surface area contributed by atoms with E-state index in [4.69, 9.17) is 9.47 Å². The molecule has 0 saturated heterocycles. The topological polar surface area (TPSA) is 89.5 Å². The number of aromatic nitrogens is 3. The van der Waals surface area contributed by atoms with E-state index in [2.05, 4.69) is 20.2 Å². The normalized spacial score (nSPS) is 17.1. The van der Waals surface area contributed by atoms with Crippen molar-refractivity contribution in [1.82, 2.24) is 15.2 Å². The number of esters is 1. The minimum Gasteiger partial charge on any atom is -0.497 e. The van der Waals surface area contributed by atoms with Gasteiger partial charge in [0.15, 0.2) is 17.8 Å². The fourth-order valence-electron chi connectivity index (χ4n) is 2.92. The zero-order chi connectivity index (χ0) is 19.5. The number of thioether (sulfide) groups is 1. The van der Waals surface area contributed by atoms with Crippen molar-refractivity contribution < 1.29 is 14.3 Å². The van der Waals surface area contributed by atoms with E-state index in [1.165, 1.54) is 11.8 Å². The maximum atomic E-state index is 12.3. The number of benzene rings is 2. The van der Waals surface area contributed by atoms with E-state index in [0.29, 0.717) is 16.9 Å². The first kappa shape index (κ1) is 18.2. The Kier molecular flexibility index (Phi) is 5.12. The summed E-state index contributed by atoms with van der Waals surface area (Å²) < 4.78 is 10.4. The predicted octanol–water partition coefficient (Wildman–Crippen LogP) is 3.66. The number of hydrogen-bond donors (Lipinski definition) is 1. The van der Waals surface area contributed by atoms with Gasteiger partial charge in [-0.1, -0.05) is 54.2 Å². The number of aromatic amines is 1. The van der Waals surface area contributed by atoms with Crippen LogP contribution in [0.4, 0.5) is 0 Å². The summed E-state index contributed by atoms with van der Waals surface area (Å²) in [6.07, 6.45) is 0. The van der Waals surface area contributed by atoms with Crippen molar-refractivity contribution in [1.29, 1.82) is 0 Å². The van der Waals surface area contributed by atoms with Crippen LogP contribution >= 0.6 is 11.8 Å². The van der Waals surface area contributed by atoms with Gasteiger partial charge in [0, 0.05) is 12.5 Å². The van der Waals surface area contributed by atoms with E-state index in [1.54, 1.807) is 14.0 Å². The van der Waals surface area contributed by atoms with Crippen molar-refractivity contribution in [3.8, 4) is 17.1 Å². The summed E-state index contributed by atoms with van der Waals surface area (Å²) in [4.78, 5) is 21.3. The Balaban J connectivity index is 1.64. The number of cyclic esters (lactones) is 1. The van der Waals surface area contributed by atoms with E-state index in [1.807, 2.05) is 54.6 Å². The second kappa shape index (κ2) is 7.85. The third kappa shape index (κ3) is 3.77. The maximum absolute atomic E-state index is 12.3. The Hall–Kier alpha value is -3.13. The fraction of sp³-hybridized carbons (Fsp3) is 0.200. The molecule has 1 N–H and O–H groups in total. The first-order valence-corrected chi connectivity index (χ1v) is 9.56. The van der Waals surface area contributed by atoms with Crippen LogP contribution in [0, 0.1) is 0 Å². The second-order valence-electron chi connectivity index (χ2n) is 6.16. The molecule has 4 rings (SSSR count). The summed E-state index contributed by atoms with van der Waals surface area (Å²) in [6.45, 7) is 1.67. The fourth-order valence-corrected chi connectivity index (χ4v) is 3.98. The molecule has 0 fully saturated rings. The van der Waals surface area contributed by atoms with Crippen molar-refractivity contribution in [2.75, 3.05) is 7.11 Å². The zero-order valence-electron chi connectivity index (χ0n) is 15.3. The first-order chi connectivity index (χ1) is 13.6. The van der Waals surface area contributed by atoms with Gasteiger partial charge in [-0.3, -0.25) is 5.10 Å². The van der Waals surface area contributed by atoms with Gasteiger partial charge >= 0.3 is 5.97 Å². The van der Waals surface area contributed by atoms with Gasteiger partial charge in [-0.15, -0.1) is 5.10 Å². The van der Waals surface area contributed by atoms with Crippen LogP contribution in [0.15, 0.2) is 64.7 Å². The highest BCUT2D eigenvalue weighted by Crippen LogP contribution is 2.40. The van der Waals surface area contributed by atoms with Gasteiger partial charge in [0.25, 0.3) is 0 Å². The summed E-state index contributed by atoms with van der Waals surface area (Å²) in [6, 6.07) is 16.6. The molecule has 2 atom stereocenters. The van der Waals surface area contributed by atoms with Gasteiger partial charge in [0.1, 0.15) is 5.75 Å². The molecule has 0 radical (unpaired) electrons. The van der Waals surface area contributed by atoms with E-state index in [0.717, 1.165) is 16.9 Å². The Morgan fingerprint density at radius 1 is 1.14 bits per heavy atom. The number of ether oxygens (including phenoxy) is 2. The van der Waals surface area contributed by atoms with Gasteiger partial charge in [0.2, 0.25) is 5.16 Å². The highest BCUT2D eigenvalue weighted by atomic mass is 32.2. The van der Waals surface area contributed by atoms with Crippen LogP contribution in [0.25, 0.3) is 11.4 Å². The molecular weight excluding hydrogens is 376 g/mol. The molecule has 2 aromatic carbocycles. The van der Waals surface area contributed by atoms with Crippen LogP contribution in [-0.4, -0.2) is 40.2 Å². The monoisotopic (exact) mass is 394 g/mol. The molecule has 0 spiro atoms. The molecule has 2 heterocycles. The zero-order valence-corrected chi connectivity index (χ0v) is 16.1.